The van der Waals surface area contributed by atoms with E-state index >= 15 is 0 Å². The Kier molecular flexibility index (Phi) is 5.28. The molecule has 0 spiro atoms. The van der Waals surface area contributed by atoms with Crippen LogP contribution in [0, 0.1) is 11.3 Å². The summed E-state index contributed by atoms with van der Waals surface area (Å²) < 4.78 is 11.2. The van der Waals surface area contributed by atoms with E-state index in [-0.39, 0.29) is 0 Å². The van der Waals surface area contributed by atoms with Gasteiger partial charge in [-0.15, -0.1) is 0 Å². The van der Waals surface area contributed by atoms with Crippen molar-refractivity contribution in [2.24, 2.45) is 11.3 Å². The van der Waals surface area contributed by atoms with Crippen LogP contribution >= 0.6 is 0 Å². The highest BCUT2D eigenvalue weighted by atomic mass is 16.5. The van der Waals surface area contributed by atoms with Crippen molar-refractivity contribution in [3.8, 4) is 0 Å². The third-order valence-corrected chi connectivity index (χ3v) is 4.63. The molecule has 2 atom stereocenters. The Balaban J connectivity index is 2.17. The van der Waals surface area contributed by atoms with Crippen LogP contribution in [0.3, 0.4) is 0 Å². The summed E-state index contributed by atoms with van der Waals surface area (Å²) in [6.07, 6.45) is 5.07. The molecule has 3 heteroatoms. The van der Waals surface area contributed by atoms with Crippen LogP contribution in [0.2, 0.25) is 0 Å². The number of hydrogen-bond acceptors (Lipinski definition) is 3. The Bertz CT molecular complexity index is 411. The molecule has 0 aliphatic heterocycles. The summed E-state index contributed by atoms with van der Waals surface area (Å²) in [5.41, 5.74) is 0.389. The van der Waals surface area contributed by atoms with Crippen LogP contribution in [0.25, 0.3) is 0 Å². The van der Waals surface area contributed by atoms with Gasteiger partial charge in [-0.3, -0.25) is 0 Å². The summed E-state index contributed by atoms with van der Waals surface area (Å²) >= 11 is 0. The number of nitrogens with one attached hydrogen (secondary N) is 1. The molecule has 0 radical (unpaired) electrons. The molecule has 0 saturated heterocycles. The molecule has 114 valence electrons. The van der Waals surface area contributed by atoms with E-state index < -0.39 is 0 Å². The molecule has 1 saturated carbocycles. The number of furan rings is 1. The van der Waals surface area contributed by atoms with Gasteiger partial charge in [-0.05, 0) is 49.3 Å². The maximum absolute atomic E-state index is 6.00. The van der Waals surface area contributed by atoms with Gasteiger partial charge in [0.25, 0.3) is 0 Å². The molecular formula is C17H29NO2. The van der Waals surface area contributed by atoms with Crippen LogP contribution in [0.15, 0.2) is 16.5 Å². The Labute approximate surface area is 123 Å². The van der Waals surface area contributed by atoms with Crippen molar-refractivity contribution in [1.82, 2.24) is 5.32 Å². The molecule has 0 bridgehead atoms. The maximum Gasteiger partial charge on any atom is 0.129 e. The van der Waals surface area contributed by atoms with Gasteiger partial charge in [-0.2, -0.15) is 0 Å². The molecule has 1 aliphatic rings. The molecule has 2 rings (SSSR count). The van der Waals surface area contributed by atoms with Gasteiger partial charge in [0.15, 0.2) is 0 Å². The van der Waals surface area contributed by atoms with Gasteiger partial charge in [-0.1, -0.05) is 27.2 Å². The molecule has 0 aromatic carbocycles. The van der Waals surface area contributed by atoms with Gasteiger partial charge in [-0.25, -0.2) is 0 Å². The van der Waals surface area contributed by atoms with Gasteiger partial charge >= 0.3 is 0 Å². The largest absolute Gasteiger partial charge is 0.462 e. The van der Waals surface area contributed by atoms with Crippen molar-refractivity contribution in [3.05, 3.63) is 23.7 Å². The van der Waals surface area contributed by atoms with E-state index in [4.69, 9.17) is 9.15 Å². The maximum atomic E-state index is 6.00. The SMILES string of the molecule is CCCNC(c1ccc(COC)o1)C1CCCC1(C)C. The second-order valence-electron chi connectivity index (χ2n) is 6.66. The zero-order chi connectivity index (χ0) is 14.6. The highest BCUT2D eigenvalue weighted by Gasteiger charge is 2.41. The summed E-state index contributed by atoms with van der Waals surface area (Å²) in [5.74, 6) is 2.64. The first kappa shape index (κ1) is 15.6. The van der Waals surface area contributed by atoms with E-state index in [0.717, 1.165) is 24.5 Å². The average molecular weight is 279 g/mol. The Morgan fingerprint density at radius 1 is 1.45 bits per heavy atom. The number of rotatable bonds is 7. The van der Waals surface area contributed by atoms with Gasteiger partial charge < -0.3 is 14.5 Å². The molecule has 1 N–H and O–H groups in total. The third-order valence-electron chi connectivity index (χ3n) is 4.63. The fraction of sp³-hybridized carbons (Fsp3) is 0.765. The van der Waals surface area contributed by atoms with Gasteiger partial charge in [0.05, 0.1) is 6.04 Å². The van der Waals surface area contributed by atoms with E-state index in [1.54, 1.807) is 7.11 Å². The molecule has 1 heterocycles. The lowest BCUT2D eigenvalue weighted by Gasteiger charge is -2.33. The lowest BCUT2D eigenvalue weighted by molar-refractivity contribution is 0.150. The van der Waals surface area contributed by atoms with E-state index in [9.17, 15) is 0 Å². The summed E-state index contributed by atoms with van der Waals surface area (Å²) in [4.78, 5) is 0. The molecule has 1 aromatic heterocycles. The average Bonchev–Trinajstić information content (AvgIpc) is 2.98. The van der Waals surface area contributed by atoms with Crippen LogP contribution in [0.4, 0.5) is 0 Å². The van der Waals surface area contributed by atoms with Gasteiger partial charge in [0, 0.05) is 7.11 Å². The standard InChI is InChI=1S/C17H29NO2/c1-5-11-18-16(14-7-6-10-17(14,2)3)15-9-8-13(20-15)12-19-4/h8-9,14,16,18H,5-7,10-12H2,1-4H3. The van der Waals surface area contributed by atoms with Crippen molar-refractivity contribution < 1.29 is 9.15 Å². The van der Waals surface area contributed by atoms with Crippen molar-refractivity contribution in [2.75, 3.05) is 13.7 Å². The molecule has 2 unspecified atom stereocenters. The van der Waals surface area contributed by atoms with Crippen molar-refractivity contribution in [1.29, 1.82) is 0 Å². The summed E-state index contributed by atoms with van der Waals surface area (Å²) in [5, 5.41) is 3.70. The van der Waals surface area contributed by atoms with Crippen LogP contribution in [0.1, 0.15) is 64.0 Å². The van der Waals surface area contributed by atoms with E-state index in [1.807, 2.05) is 6.07 Å². The first-order chi connectivity index (χ1) is 9.58. The van der Waals surface area contributed by atoms with Crippen molar-refractivity contribution in [3.63, 3.8) is 0 Å². The van der Waals surface area contributed by atoms with Crippen molar-refractivity contribution >= 4 is 0 Å². The fourth-order valence-corrected chi connectivity index (χ4v) is 3.49. The van der Waals surface area contributed by atoms with E-state index in [2.05, 4.69) is 32.2 Å². The van der Waals surface area contributed by atoms with Gasteiger partial charge in [0.1, 0.15) is 18.1 Å². The molecule has 20 heavy (non-hydrogen) atoms. The minimum atomic E-state index is 0.332. The second-order valence-corrected chi connectivity index (χ2v) is 6.66. The van der Waals surface area contributed by atoms with Crippen LogP contribution < -0.4 is 5.32 Å². The Hall–Kier alpha value is -0.800. The minimum absolute atomic E-state index is 0.332. The zero-order valence-electron chi connectivity index (χ0n) is 13.4. The molecule has 1 aromatic rings. The second kappa shape index (κ2) is 6.77. The van der Waals surface area contributed by atoms with Crippen LogP contribution in [-0.4, -0.2) is 13.7 Å². The lowest BCUT2D eigenvalue weighted by atomic mass is 9.76. The summed E-state index contributed by atoms with van der Waals surface area (Å²) in [7, 11) is 1.70. The predicted octanol–water partition coefficient (Wildman–Crippen LogP) is 4.29. The summed E-state index contributed by atoms with van der Waals surface area (Å²) in [6.45, 7) is 8.59. The minimum Gasteiger partial charge on any atom is -0.462 e. The van der Waals surface area contributed by atoms with Gasteiger partial charge in [0.2, 0.25) is 0 Å². The highest BCUT2D eigenvalue weighted by Crippen LogP contribution is 2.48. The normalized spacial score (nSPS) is 23.1. The Morgan fingerprint density at radius 3 is 2.85 bits per heavy atom. The third kappa shape index (κ3) is 3.44. The van der Waals surface area contributed by atoms with Crippen molar-refractivity contribution in [2.45, 2.75) is 59.1 Å². The number of ether oxygens (including phenoxy) is 1. The first-order valence-corrected chi connectivity index (χ1v) is 7.89. The number of hydrogen-bond donors (Lipinski definition) is 1. The van der Waals surface area contributed by atoms with Crippen LogP contribution in [-0.2, 0) is 11.3 Å². The quantitative estimate of drug-likeness (QED) is 0.808. The molecule has 1 fully saturated rings. The zero-order valence-corrected chi connectivity index (χ0v) is 13.4. The Morgan fingerprint density at radius 2 is 2.25 bits per heavy atom. The predicted molar refractivity (Wildman–Crippen MR) is 81.6 cm³/mol. The van der Waals surface area contributed by atoms with E-state index in [0.29, 0.717) is 24.0 Å². The molecule has 1 aliphatic carbocycles. The number of methoxy groups -OCH3 is 1. The topological polar surface area (TPSA) is 34.4 Å². The molecule has 3 nitrogen and oxygen atoms in total. The lowest BCUT2D eigenvalue weighted by Crippen LogP contribution is -2.34. The monoisotopic (exact) mass is 279 g/mol. The fourth-order valence-electron chi connectivity index (χ4n) is 3.49. The van der Waals surface area contributed by atoms with E-state index in [1.165, 1.54) is 19.3 Å². The molecule has 0 amide bonds. The van der Waals surface area contributed by atoms with Crippen LogP contribution in [0.5, 0.6) is 0 Å². The molecular weight excluding hydrogens is 250 g/mol. The summed E-state index contributed by atoms with van der Waals surface area (Å²) in [6, 6.07) is 4.50. The smallest absolute Gasteiger partial charge is 0.129 e. The highest BCUT2D eigenvalue weighted by molar-refractivity contribution is 5.13. The first-order valence-electron chi connectivity index (χ1n) is 7.89.